The van der Waals surface area contributed by atoms with E-state index in [0.717, 1.165) is 22.2 Å². The van der Waals surface area contributed by atoms with Crippen molar-refractivity contribution in [3.05, 3.63) is 30.6 Å². The van der Waals surface area contributed by atoms with E-state index in [1.807, 2.05) is 31.4 Å². The van der Waals surface area contributed by atoms with Gasteiger partial charge >= 0.3 is 0 Å². The van der Waals surface area contributed by atoms with Crippen molar-refractivity contribution in [3.8, 4) is 5.75 Å². The van der Waals surface area contributed by atoms with E-state index >= 15 is 0 Å². The van der Waals surface area contributed by atoms with Crippen molar-refractivity contribution in [3.63, 3.8) is 0 Å². The average molecular weight is 188 g/mol. The zero-order valence-electron chi connectivity index (χ0n) is 8.24. The van der Waals surface area contributed by atoms with Crippen LogP contribution < -0.4 is 10.1 Å². The monoisotopic (exact) mass is 188 g/mol. The van der Waals surface area contributed by atoms with Gasteiger partial charge in [-0.15, -0.1) is 0 Å². The lowest BCUT2D eigenvalue weighted by Crippen LogP contribution is -1.94. The van der Waals surface area contributed by atoms with E-state index in [0.29, 0.717) is 0 Å². The van der Waals surface area contributed by atoms with E-state index in [4.69, 9.17) is 4.74 Å². The Morgan fingerprint density at radius 2 is 2.14 bits per heavy atom. The molecule has 0 aliphatic rings. The standard InChI is InChI=1S/C11H12N2O/c1-12-11-9-5-6-13-7-8(9)3-4-10(11)14-2/h3-7,12H,1-2H3. The first kappa shape index (κ1) is 8.81. The highest BCUT2D eigenvalue weighted by Gasteiger charge is 2.05. The SMILES string of the molecule is CNc1c(OC)ccc2cnccc12. The number of aromatic nitrogens is 1. The van der Waals surface area contributed by atoms with Crippen molar-refractivity contribution in [1.82, 2.24) is 4.98 Å². The lowest BCUT2D eigenvalue weighted by Gasteiger charge is -2.10. The molecular formula is C11H12N2O. The summed E-state index contributed by atoms with van der Waals surface area (Å²) in [5.74, 6) is 0.853. The third-order valence-electron chi connectivity index (χ3n) is 2.25. The summed E-state index contributed by atoms with van der Waals surface area (Å²) in [4.78, 5) is 4.08. The maximum Gasteiger partial charge on any atom is 0.142 e. The molecular weight excluding hydrogens is 176 g/mol. The van der Waals surface area contributed by atoms with Crippen LogP contribution in [0.25, 0.3) is 10.8 Å². The maximum atomic E-state index is 5.26. The second-order valence-electron chi connectivity index (χ2n) is 2.99. The molecule has 0 saturated heterocycles. The number of nitrogens with zero attached hydrogens (tertiary/aromatic N) is 1. The molecule has 0 aliphatic heterocycles. The summed E-state index contributed by atoms with van der Waals surface area (Å²) in [5.41, 5.74) is 1.01. The van der Waals surface area contributed by atoms with Gasteiger partial charge in [0, 0.05) is 30.2 Å². The highest BCUT2D eigenvalue weighted by molar-refractivity contribution is 5.96. The van der Waals surface area contributed by atoms with Crippen LogP contribution in [0.15, 0.2) is 30.6 Å². The van der Waals surface area contributed by atoms with Gasteiger partial charge in [0.15, 0.2) is 0 Å². The van der Waals surface area contributed by atoms with E-state index in [9.17, 15) is 0 Å². The van der Waals surface area contributed by atoms with Crippen LogP contribution in [-0.4, -0.2) is 19.1 Å². The van der Waals surface area contributed by atoms with E-state index in [1.54, 1.807) is 13.3 Å². The fourth-order valence-electron chi connectivity index (χ4n) is 1.58. The highest BCUT2D eigenvalue weighted by atomic mass is 16.5. The summed E-state index contributed by atoms with van der Waals surface area (Å²) in [6, 6.07) is 5.92. The van der Waals surface area contributed by atoms with Gasteiger partial charge in [0.05, 0.1) is 12.8 Å². The van der Waals surface area contributed by atoms with Crippen molar-refractivity contribution in [2.75, 3.05) is 19.5 Å². The minimum absolute atomic E-state index is 0.853. The van der Waals surface area contributed by atoms with Crippen LogP contribution in [0.4, 0.5) is 5.69 Å². The molecule has 1 heterocycles. The molecule has 0 atom stereocenters. The van der Waals surface area contributed by atoms with Crippen LogP contribution in [0.2, 0.25) is 0 Å². The number of methoxy groups -OCH3 is 1. The molecule has 0 amide bonds. The van der Waals surface area contributed by atoms with Crippen molar-refractivity contribution in [1.29, 1.82) is 0 Å². The molecule has 2 rings (SSSR count). The van der Waals surface area contributed by atoms with Crippen molar-refractivity contribution in [2.24, 2.45) is 0 Å². The quantitative estimate of drug-likeness (QED) is 0.785. The molecule has 0 saturated carbocycles. The third-order valence-corrected chi connectivity index (χ3v) is 2.25. The van der Waals surface area contributed by atoms with Crippen LogP contribution in [0.1, 0.15) is 0 Å². The summed E-state index contributed by atoms with van der Waals surface area (Å²) in [5, 5.41) is 5.37. The van der Waals surface area contributed by atoms with E-state index in [2.05, 4.69) is 10.3 Å². The van der Waals surface area contributed by atoms with Crippen molar-refractivity contribution in [2.45, 2.75) is 0 Å². The van der Waals surface area contributed by atoms with Crippen LogP contribution in [0.3, 0.4) is 0 Å². The molecule has 14 heavy (non-hydrogen) atoms. The summed E-state index contributed by atoms with van der Waals surface area (Å²) in [6.07, 6.45) is 3.62. The predicted molar refractivity (Wildman–Crippen MR) is 57.8 cm³/mol. The fourth-order valence-corrected chi connectivity index (χ4v) is 1.58. The molecule has 2 aromatic rings. The van der Waals surface area contributed by atoms with Gasteiger partial charge in [0.2, 0.25) is 0 Å². The Morgan fingerprint density at radius 3 is 2.86 bits per heavy atom. The topological polar surface area (TPSA) is 34.1 Å². The first-order valence-electron chi connectivity index (χ1n) is 4.45. The van der Waals surface area contributed by atoms with Gasteiger partial charge in [-0.2, -0.15) is 0 Å². The van der Waals surface area contributed by atoms with E-state index in [-0.39, 0.29) is 0 Å². The number of anilines is 1. The molecule has 0 aliphatic carbocycles. The molecule has 72 valence electrons. The molecule has 0 unspecified atom stereocenters. The molecule has 3 nitrogen and oxygen atoms in total. The van der Waals surface area contributed by atoms with Gasteiger partial charge in [0.25, 0.3) is 0 Å². The molecule has 1 aromatic heterocycles. The minimum Gasteiger partial charge on any atom is -0.495 e. The first-order valence-corrected chi connectivity index (χ1v) is 4.45. The number of hydrogen-bond donors (Lipinski definition) is 1. The third kappa shape index (κ3) is 1.27. The first-order chi connectivity index (χ1) is 6.86. The van der Waals surface area contributed by atoms with E-state index in [1.165, 1.54) is 0 Å². The van der Waals surface area contributed by atoms with Crippen LogP contribution >= 0.6 is 0 Å². The average Bonchev–Trinajstić information content (AvgIpc) is 2.27. The Balaban J connectivity index is 2.77. The fraction of sp³-hybridized carbons (Fsp3) is 0.182. The van der Waals surface area contributed by atoms with Crippen LogP contribution in [-0.2, 0) is 0 Å². The Bertz CT molecular complexity index is 454. The number of pyridine rings is 1. The zero-order chi connectivity index (χ0) is 9.97. The molecule has 0 fully saturated rings. The lowest BCUT2D eigenvalue weighted by atomic mass is 10.1. The normalized spacial score (nSPS) is 10.1. The Morgan fingerprint density at radius 1 is 1.29 bits per heavy atom. The van der Waals surface area contributed by atoms with Gasteiger partial charge < -0.3 is 10.1 Å². The van der Waals surface area contributed by atoms with Gasteiger partial charge in [-0.05, 0) is 18.2 Å². The Labute approximate surface area is 82.7 Å². The minimum atomic E-state index is 0.853. The summed E-state index contributed by atoms with van der Waals surface area (Å²) in [7, 11) is 3.56. The summed E-state index contributed by atoms with van der Waals surface area (Å²) >= 11 is 0. The smallest absolute Gasteiger partial charge is 0.142 e. The summed E-state index contributed by atoms with van der Waals surface area (Å²) in [6.45, 7) is 0. The summed E-state index contributed by atoms with van der Waals surface area (Å²) < 4.78 is 5.26. The number of rotatable bonds is 2. The van der Waals surface area contributed by atoms with Crippen LogP contribution in [0.5, 0.6) is 5.75 Å². The number of fused-ring (bicyclic) bond motifs is 1. The van der Waals surface area contributed by atoms with Gasteiger partial charge in [-0.25, -0.2) is 0 Å². The number of benzene rings is 1. The molecule has 1 N–H and O–H groups in total. The molecule has 0 bridgehead atoms. The number of ether oxygens (including phenoxy) is 1. The van der Waals surface area contributed by atoms with Gasteiger partial charge in [0.1, 0.15) is 5.75 Å². The molecule has 0 spiro atoms. The lowest BCUT2D eigenvalue weighted by molar-refractivity contribution is 0.417. The Kier molecular flexibility index (Phi) is 2.23. The Hall–Kier alpha value is -1.77. The van der Waals surface area contributed by atoms with Crippen molar-refractivity contribution < 1.29 is 4.74 Å². The second kappa shape index (κ2) is 3.54. The van der Waals surface area contributed by atoms with Gasteiger partial charge in [-0.1, -0.05) is 0 Å². The van der Waals surface area contributed by atoms with Gasteiger partial charge in [-0.3, -0.25) is 4.98 Å². The van der Waals surface area contributed by atoms with E-state index < -0.39 is 0 Å². The predicted octanol–water partition coefficient (Wildman–Crippen LogP) is 2.29. The van der Waals surface area contributed by atoms with Crippen molar-refractivity contribution >= 4 is 16.5 Å². The zero-order valence-corrected chi connectivity index (χ0v) is 8.24. The number of nitrogens with one attached hydrogen (secondary N) is 1. The maximum absolute atomic E-state index is 5.26. The highest BCUT2D eigenvalue weighted by Crippen LogP contribution is 2.31. The second-order valence-corrected chi connectivity index (χ2v) is 2.99. The largest absolute Gasteiger partial charge is 0.495 e. The molecule has 0 radical (unpaired) electrons. The molecule has 3 heteroatoms. The number of hydrogen-bond acceptors (Lipinski definition) is 3. The molecule has 1 aromatic carbocycles. The van der Waals surface area contributed by atoms with Crippen LogP contribution in [0, 0.1) is 0 Å².